The molecule has 0 fully saturated rings. The summed E-state index contributed by atoms with van der Waals surface area (Å²) in [7, 11) is 3.48. The molecule has 8 heteroatoms. The van der Waals surface area contributed by atoms with Gasteiger partial charge in [-0.2, -0.15) is 0 Å². The smallest absolute Gasteiger partial charge is 0.223 e. The van der Waals surface area contributed by atoms with Gasteiger partial charge in [0.1, 0.15) is 5.60 Å². The molecule has 0 saturated heterocycles. The molecule has 2 aromatic carbocycles. The van der Waals surface area contributed by atoms with Gasteiger partial charge < -0.3 is 14.4 Å². The molecule has 0 radical (unpaired) electrons. The van der Waals surface area contributed by atoms with Crippen molar-refractivity contribution in [1.82, 2.24) is 14.5 Å². The number of imidazole rings is 1. The van der Waals surface area contributed by atoms with Gasteiger partial charge in [-0.15, -0.1) is 11.8 Å². The van der Waals surface area contributed by atoms with E-state index >= 15 is 0 Å². The van der Waals surface area contributed by atoms with E-state index in [0.717, 1.165) is 21.6 Å². The number of halogens is 1. The van der Waals surface area contributed by atoms with Gasteiger partial charge in [0.15, 0.2) is 0 Å². The number of hydrogen-bond acceptors (Lipinski definition) is 6. The first-order valence-corrected chi connectivity index (χ1v) is 12.2. The fraction of sp³-hybridized carbons (Fsp3) is 0.269. The Balaban J connectivity index is 1.75. The van der Waals surface area contributed by atoms with Crippen LogP contribution in [0, 0.1) is 0 Å². The molecular formula is C26H25ClN4O2S. The van der Waals surface area contributed by atoms with E-state index in [1.807, 2.05) is 74.0 Å². The van der Waals surface area contributed by atoms with Gasteiger partial charge in [-0.1, -0.05) is 48.0 Å². The first-order valence-electron chi connectivity index (χ1n) is 11.0. The van der Waals surface area contributed by atoms with Crippen LogP contribution in [0.1, 0.15) is 25.1 Å². The highest BCUT2D eigenvalue weighted by Gasteiger charge is 2.48. The summed E-state index contributed by atoms with van der Waals surface area (Å²) in [6.07, 6.45) is 3.42. The number of hydrogen-bond donors (Lipinski definition) is 1. The average Bonchev–Trinajstić information content (AvgIpc) is 3.43. The Labute approximate surface area is 207 Å². The maximum Gasteiger partial charge on any atom is 0.223 e. The monoisotopic (exact) mass is 492 g/mol. The lowest BCUT2D eigenvalue weighted by Gasteiger charge is -2.36. The van der Waals surface area contributed by atoms with Crippen LogP contribution < -0.4 is 4.74 Å². The van der Waals surface area contributed by atoms with E-state index in [2.05, 4.69) is 4.98 Å². The third kappa shape index (κ3) is 3.59. The molecule has 1 aliphatic rings. The number of benzene rings is 2. The first-order chi connectivity index (χ1) is 16.3. The van der Waals surface area contributed by atoms with E-state index < -0.39 is 5.60 Å². The number of nitrogens with zero attached hydrogens (tertiary/aromatic N) is 4. The molecule has 174 valence electrons. The highest BCUT2D eigenvalue weighted by atomic mass is 35.5. The zero-order chi connectivity index (χ0) is 24.0. The third-order valence-electron chi connectivity index (χ3n) is 6.32. The van der Waals surface area contributed by atoms with Crippen LogP contribution in [0.15, 0.2) is 66.0 Å². The standard InChI is InChI=1S/C26H25ClN4O2S/c1-15-24(34-16(2)29-15)26(32,21-13-28-14-31(21)3)18-10-11-20-19(12-18)23(27)22(25(30-20)33-4)17-8-6-5-7-9-17/h5-15,24,32H,1-4H3. The minimum absolute atomic E-state index is 0.0788. The van der Waals surface area contributed by atoms with Crippen LogP contribution in [0.25, 0.3) is 22.0 Å². The Morgan fingerprint density at radius 2 is 1.94 bits per heavy atom. The summed E-state index contributed by atoms with van der Waals surface area (Å²) in [5.74, 6) is 0.461. The molecule has 0 saturated carbocycles. The van der Waals surface area contributed by atoms with Crippen molar-refractivity contribution in [2.75, 3.05) is 7.11 Å². The molecule has 0 aliphatic carbocycles. The highest BCUT2D eigenvalue weighted by Crippen LogP contribution is 2.46. The largest absolute Gasteiger partial charge is 0.480 e. The summed E-state index contributed by atoms with van der Waals surface area (Å²) in [4.78, 5) is 13.7. The maximum absolute atomic E-state index is 12.4. The van der Waals surface area contributed by atoms with Crippen molar-refractivity contribution in [2.24, 2.45) is 12.0 Å². The predicted molar refractivity (Wildman–Crippen MR) is 139 cm³/mol. The molecule has 3 atom stereocenters. The number of methoxy groups -OCH3 is 1. The molecule has 6 nitrogen and oxygen atoms in total. The Kier molecular flexibility index (Phi) is 5.88. The summed E-state index contributed by atoms with van der Waals surface area (Å²) in [5.41, 5.74) is 2.39. The number of aliphatic hydroxyl groups is 1. The molecule has 3 heterocycles. The van der Waals surface area contributed by atoms with Crippen LogP contribution in [0.5, 0.6) is 5.88 Å². The van der Waals surface area contributed by atoms with Gasteiger partial charge in [0.05, 0.1) is 57.8 Å². The fourth-order valence-electron chi connectivity index (χ4n) is 4.73. The summed E-state index contributed by atoms with van der Waals surface area (Å²) in [6.45, 7) is 4.01. The van der Waals surface area contributed by atoms with Gasteiger partial charge in [-0.25, -0.2) is 9.97 Å². The Morgan fingerprint density at radius 1 is 1.18 bits per heavy atom. The van der Waals surface area contributed by atoms with Crippen LogP contribution in [-0.4, -0.2) is 43.1 Å². The molecule has 1 N–H and O–H groups in total. The molecule has 34 heavy (non-hydrogen) atoms. The number of thioether (sulfide) groups is 1. The van der Waals surface area contributed by atoms with Crippen LogP contribution in [0.2, 0.25) is 5.02 Å². The van der Waals surface area contributed by atoms with Crippen molar-refractivity contribution in [2.45, 2.75) is 30.7 Å². The lowest BCUT2D eigenvalue weighted by Crippen LogP contribution is -2.44. The second kappa shape index (κ2) is 8.73. The molecule has 0 spiro atoms. The molecule has 1 aliphatic heterocycles. The van der Waals surface area contributed by atoms with Crippen molar-refractivity contribution in [1.29, 1.82) is 0 Å². The molecule has 2 aromatic heterocycles. The normalized spacial score (nSPS) is 19.8. The average molecular weight is 493 g/mol. The van der Waals surface area contributed by atoms with Crippen LogP contribution in [0.3, 0.4) is 0 Å². The second-order valence-corrected chi connectivity index (χ2v) is 10.2. The number of ether oxygens (including phenoxy) is 1. The van der Waals surface area contributed by atoms with E-state index in [1.54, 1.807) is 31.4 Å². The van der Waals surface area contributed by atoms with E-state index in [0.29, 0.717) is 27.7 Å². The zero-order valence-electron chi connectivity index (χ0n) is 19.4. The first kappa shape index (κ1) is 22.9. The quantitative estimate of drug-likeness (QED) is 0.400. The van der Waals surface area contributed by atoms with Gasteiger partial charge >= 0.3 is 0 Å². The number of fused-ring (bicyclic) bond motifs is 1. The van der Waals surface area contributed by atoms with Crippen LogP contribution in [0.4, 0.5) is 0 Å². The molecule has 0 bridgehead atoms. The summed E-state index contributed by atoms with van der Waals surface area (Å²) < 4.78 is 7.45. The molecule has 3 unspecified atom stereocenters. The van der Waals surface area contributed by atoms with Gasteiger partial charge in [-0.3, -0.25) is 4.99 Å². The number of aromatic nitrogens is 3. The topological polar surface area (TPSA) is 72.5 Å². The minimum Gasteiger partial charge on any atom is -0.480 e. The Bertz CT molecular complexity index is 1400. The SMILES string of the molecule is COc1nc2ccc(C(O)(c3cncn3C)C3SC(C)=NC3C)cc2c(Cl)c1-c1ccccc1. The van der Waals surface area contributed by atoms with E-state index in [1.165, 1.54) is 0 Å². The van der Waals surface area contributed by atoms with E-state index in [9.17, 15) is 5.11 Å². The lowest BCUT2D eigenvalue weighted by molar-refractivity contribution is 0.0661. The molecular weight excluding hydrogens is 468 g/mol. The van der Waals surface area contributed by atoms with Gasteiger partial charge in [-0.05, 0) is 37.1 Å². The minimum atomic E-state index is -1.35. The third-order valence-corrected chi connectivity index (χ3v) is 8.15. The van der Waals surface area contributed by atoms with Crippen molar-refractivity contribution in [3.05, 3.63) is 77.3 Å². The fourth-order valence-corrected chi connectivity index (χ4v) is 6.35. The van der Waals surface area contributed by atoms with Crippen molar-refractivity contribution in [3.63, 3.8) is 0 Å². The van der Waals surface area contributed by atoms with E-state index in [-0.39, 0.29) is 11.3 Å². The summed E-state index contributed by atoms with van der Waals surface area (Å²) >= 11 is 8.59. The Morgan fingerprint density at radius 3 is 2.56 bits per heavy atom. The van der Waals surface area contributed by atoms with Gasteiger partial charge in [0, 0.05) is 12.4 Å². The second-order valence-electron chi connectivity index (χ2n) is 8.49. The van der Waals surface area contributed by atoms with Crippen molar-refractivity contribution in [3.8, 4) is 17.0 Å². The van der Waals surface area contributed by atoms with Crippen molar-refractivity contribution < 1.29 is 9.84 Å². The van der Waals surface area contributed by atoms with Crippen LogP contribution >= 0.6 is 23.4 Å². The number of aliphatic imine (C=N–C) groups is 1. The van der Waals surface area contributed by atoms with Gasteiger partial charge in [0.25, 0.3) is 0 Å². The number of pyridine rings is 1. The Hall–Kier alpha value is -2.87. The van der Waals surface area contributed by atoms with E-state index in [4.69, 9.17) is 26.3 Å². The molecule has 4 aromatic rings. The van der Waals surface area contributed by atoms with Gasteiger partial charge in [0.2, 0.25) is 5.88 Å². The zero-order valence-corrected chi connectivity index (χ0v) is 20.9. The maximum atomic E-state index is 12.4. The highest BCUT2D eigenvalue weighted by molar-refractivity contribution is 8.14. The van der Waals surface area contributed by atoms with Crippen LogP contribution in [-0.2, 0) is 12.6 Å². The summed E-state index contributed by atoms with van der Waals surface area (Å²) in [6, 6.07) is 15.5. The number of rotatable bonds is 5. The van der Waals surface area contributed by atoms with Crippen molar-refractivity contribution >= 4 is 39.3 Å². The number of aryl methyl sites for hydroxylation is 1. The molecule has 5 rings (SSSR count). The predicted octanol–water partition coefficient (Wildman–Crippen LogP) is 5.46. The lowest BCUT2D eigenvalue weighted by atomic mass is 9.83. The molecule has 0 amide bonds. The summed E-state index contributed by atoms with van der Waals surface area (Å²) in [5, 5.41) is 14.4.